The second-order valence-electron chi connectivity index (χ2n) is 8.42. The summed E-state index contributed by atoms with van der Waals surface area (Å²) in [6, 6.07) is 13.3. The van der Waals surface area contributed by atoms with Crippen molar-refractivity contribution in [1.29, 1.82) is 0 Å². The third-order valence-corrected chi connectivity index (χ3v) is 6.85. The number of anilines is 1. The molecule has 0 fully saturated rings. The number of hydrogen-bond donors (Lipinski definition) is 1. The van der Waals surface area contributed by atoms with Gasteiger partial charge in [0, 0.05) is 12.6 Å². The van der Waals surface area contributed by atoms with Crippen molar-refractivity contribution in [3.8, 4) is 5.75 Å². The van der Waals surface area contributed by atoms with E-state index < -0.39 is 28.5 Å². The minimum Gasteiger partial charge on any atom is -0.497 e. The number of aryl methyl sites for hydroxylation is 1. The number of ether oxygens (including phenoxy) is 1. The highest BCUT2D eigenvalue weighted by Gasteiger charge is 2.30. The fourth-order valence-electron chi connectivity index (χ4n) is 3.45. The molecule has 0 aliphatic heterocycles. The minimum absolute atomic E-state index is 0.0526. The van der Waals surface area contributed by atoms with Crippen LogP contribution >= 0.6 is 0 Å². The van der Waals surface area contributed by atoms with E-state index in [0.29, 0.717) is 11.4 Å². The molecule has 8 nitrogen and oxygen atoms in total. The molecular weight excluding hydrogens is 454 g/mol. The smallest absolute Gasteiger partial charge is 0.244 e. The number of hydrogen-bond acceptors (Lipinski definition) is 5. The molecule has 2 aromatic rings. The molecule has 0 radical (unpaired) electrons. The number of para-hydroxylation sites is 1. The first kappa shape index (κ1) is 27.2. The van der Waals surface area contributed by atoms with Crippen molar-refractivity contribution in [2.24, 2.45) is 0 Å². The number of sulfonamides is 1. The third-order valence-electron chi connectivity index (χ3n) is 5.72. The lowest BCUT2D eigenvalue weighted by Gasteiger charge is -2.32. The van der Waals surface area contributed by atoms with Crippen LogP contribution in [0.4, 0.5) is 5.69 Å². The maximum absolute atomic E-state index is 13.6. The van der Waals surface area contributed by atoms with Crippen LogP contribution in [0.25, 0.3) is 0 Å². The van der Waals surface area contributed by atoms with Gasteiger partial charge < -0.3 is 15.0 Å². The monoisotopic (exact) mass is 489 g/mol. The number of benzene rings is 2. The second-order valence-corrected chi connectivity index (χ2v) is 10.3. The molecule has 1 N–H and O–H groups in total. The average Bonchev–Trinajstić information content (AvgIpc) is 2.80. The van der Waals surface area contributed by atoms with Crippen molar-refractivity contribution < 1.29 is 22.7 Å². The number of nitrogens with zero attached hydrogens (tertiary/aromatic N) is 2. The summed E-state index contributed by atoms with van der Waals surface area (Å²) in [6.07, 6.45) is 1.82. The van der Waals surface area contributed by atoms with Crippen LogP contribution in [0.3, 0.4) is 0 Å². The Bertz CT molecular complexity index is 1100. The summed E-state index contributed by atoms with van der Waals surface area (Å²) in [5.41, 5.74) is 1.91. The molecule has 2 amide bonds. The van der Waals surface area contributed by atoms with E-state index in [2.05, 4.69) is 5.32 Å². The molecule has 2 aromatic carbocycles. The van der Waals surface area contributed by atoms with Crippen LogP contribution in [0.5, 0.6) is 5.75 Å². The minimum atomic E-state index is -3.76. The maximum Gasteiger partial charge on any atom is 0.244 e. The van der Waals surface area contributed by atoms with E-state index in [9.17, 15) is 18.0 Å². The zero-order valence-electron chi connectivity index (χ0n) is 20.7. The summed E-state index contributed by atoms with van der Waals surface area (Å²) in [7, 11) is -2.20. The van der Waals surface area contributed by atoms with Crippen molar-refractivity contribution in [1.82, 2.24) is 10.2 Å². The van der Waals surface area contributed by atoms with Crippen molar-refractivity contribution in [3.63, 3.8) is 0 Å². The quantitative estimate of drug-likeness (QED) is 0.523. The van der Waals surface area contributed by atoms with Gasteiger partial charge in [0.15, 0.2) is 0 Å². The van der Waals surface area contributed by atoms with Gasteiger partial charge in [0.25, 0.3) is 0 Å². The Hall–Kier alpha value is -3.07. The van der Waals surface area contributed by atoms with Crippen molar-refractivity contribution >= 4 is 27.5 Å². The molecular formula is C25H35N3O5S. The number of carbonyl (C=O) groups is 2. The van der Waals surface area contributed by atoms with E-state index in [0.717, 1.165) is 28.1 Å². The van der Waals surface area contributed by atoms with Crippen molar-refractivity contribution in [3.05, 3.63) is 59.7 Å². The van der Waals surface area contributed by atoms with Crippen molar-refractivity contribution in [2.45, 2.75) is 52.7 Å². The lowest BCUT2D eigenvalue weighted by molar-refractivity contribution is -0.139. The topological polar surface area (TPSA) is 96.0 Å². The van der Waals surface area contributed by atoms with Crippen LogP contribution in [-0.4, -0.2) is 57.1 Å². The summed E-state index contributed by atoms with van der Waals surface area (Å²) in [5.74, 6) is -0.157. The molecule has 9 heteroatoms. The van der Waals surface area contributed by atoms with Crippen LogP contribution < -0.4 is 14.4 Å². The Labute approximate surface area is 202 Å². The van der Waals surface area contributed by atoms with Crippen LogP contribution in [0.2, 0.25) is 0 Å². The van der Waals surface area contributed by atoms with Gasteiger partial charge in [-0.3, -0.25) is 13.9 Å². The predicted molar refractivity (Wildman–Crippen MR) is 134 cm³/mol. The molecule has 2 rings (SSSR count). The Morgan fingerprint density at radius 2 is 1.76 bits per heavy atom. The highest BCUT2D eigenvalue weighted by atomic mass is 32.2. The summed E-state index contributed by atoms with van der Waals surface area (Å²) < 4.78 is 31.6. The third kappa shape index (κ3) is 7.21. The molecule has 186 valence electrons. The molecule has 0 heterocycles. The number of amides is 2. The zero-order chi connectivity index (χ0) is 25.5. The second kappa shape index (κ2) is 11.9. The first-order valence-corrected chi connectivity index (χ1v) is 13.1. The molecule has 2 atom stereocenters. The molecule has 0 spiro atoms. The van der Waals surface area contributed by atoms with Crippen molar-refractivity contribution in [2.75, 3.05) is 24.2 Å². The highest BCUT2D eigenvalue weighted by molar-refractivity contribution is 7.92. The molecule has 0 saturated heterocycles. The fraction of sp³-hybridized carbons (Fsp3) is 0.440. The largest absolute Gasteiger partial charge is 0.497 e. The molecule has 34 heavy (non-hydrogen) atoms. The Kier molecular flexibility index (Phi) is 9.49. The van der Waals surface area contributed by atoms with Gasteiger partial charge in [-0.05, 0) is 56.5 Å². The summed E-state index contributed by atoms with van der Waals surface area (Å²) in [4.78, 5) is 27.9. The van der Waals surface area contributed by atoms with Gasteiger partial charge >= 0.3 is 0 Å². The SMILES string of the molecule is CC[C@H](C)NC(=O)[C@@H](C)N(Cc1cccc(OC)c1)C(=O)CN(c1ccccc1C)S(C)(=O)=O. The Morgan fingerprint density at radius 1 is 1.09 bits per heavy atom. The first-order chi connectivity index (χ1) is 16.0. The van der Waals surface area contributed by atoms with Crippen LogP contribution in [0.1, 0.15) is 38.3 Å². The maximum atomic E-state index is 13.6. The van der Waals surface area contributed by atoms with Crippen LogP contribution in [0.15, 0.2) is 48.5 Å². The first-order valence-electron chi connectivity index (χ1n) is 11.2. The van der Waals surface area contributed by atoms with Gasteiger partial charge in [0.1, 0.15) is 18.3 Å². The lowest BCUT2D eigenvalue weighted by atomic mass is 10.1. The molecule has 0 saturated carbocycles. The van der Waals surface area contributed by atoms with Gasteiger partial charge in [-0.25, -0.2) is 8.42 Å². The van der Waals surface area contributed by atoms with Gasteiger partial charge in [-0.1, -0.05) is 37.3 Å². The van der Waals surface area contributed by atoms with Crippen LogP contribution in [-0.2, 0) is 26.2 Å². The summed E-state index contributed by atoms with van der Waals surface area (Å²) >= 11 is 0. The van der Waals surface area contributed by atoms with E-state index in [1.165, 1.54) is 4.90 Å². The number of nitrogens with one attached hydrogen (secondary N) is 1. The fourth-order valence-corrected chi connectivity index (χ4v) is 4.36. The van der Waals surface area contributed by atoms with E-state index >= 15 is 0 Å². The van der Waals surface area contributed by atoms with Crippen LogP contribution in [0, 0.1) is 6.92 Å². The zero-order valence-corrected chi connectivity index (χ0v) is 21.6. The average molecular weight is 490 g/mol. The molecule has 0 aliphatic rings. The van der Waals surface area contributed by atoms with Gasteiger partial charge in [0.2, 0.25) is 21.8 Å². The summed E-state index contributed by atoms with van der Waals surface area (Å²) in [5, 5.41) is 2.91. The Morgan fingerprint density at radius 3 is 2.35 bits per heavy atom. The highest BCUT2D eigenvalue weighted by Crippen LogP contribution is 2.23. The normalized spacial score (nSPS) is 13.0. The molecule has 0 aromatic heterocycles. The number of rotatable bonds is 11. The standard InChI is InChI=1S/C25H35N3O5S/c1-7-19(3)26-25(30)20(4)27(16-21-12-10-13-22(15-21)33-5)24(29)17-28(34(6,31)32)23-14-9-8-11-18(23)2/h8-15,19-20H,7,16-17H2,1-6H3,(H,26,30)/t19-,20+/m0/s1. The molecule has 0 bridgehead atoms. The van der Waals surface area contributed by atoms with Gasteiger partial charge in [-0.2, -0.15) is 0 Å². The molecule has 0 unspecified atom stereocenters. The van der Waals surface area contributed by atoms with E-state index in [1.807, 2.05) is 19.9 Å². The van der Waals surface area contributed by atoms with E-state index in [4.69, 9.17) is 4.74 Å². The van der Waals surface area contributed by atoms with E-state index in [1.54, 1.807) is 63.4 Å². The number of methoxy groups -OCH3 is 1. The lowest BCUT2D eigenvalue weighted by Crippen LogP contribution is -2.52. The van der Waals surface area contributed by atoms with Gasteiger partial charge in [0.05, 0.1) is 19.1 Å². The molecule has 0 aliphatic carbocycles. The number of carbonyl (C=O) groups excluding carboxylic acids is 2. The Balaban J connectivity index is 2.41. The van der Waals surface area contributed by atoms with E-state index in [-0.39, 0.29) is 18.5 Å². The van der Waals surface area contributed by atoms with Gasteiger partial charge in [-0.15, -0.1) is 0 Å². The predicted octanol–water partition coefficient (Wildman–Crippen LogP) is 3.10. The summed E-state index contributed by atoms with van der Waals surface area (Å²) in [6.45, 7) is 6.98.